The van der Waals surface area contributed by atoms with Crippen LogP contribution in [0.1, 0.15) is 19.5 Å². The molecule has 9 nitrogen and oxygen atoms in total. The number of rotatable bonds is 3. The Morgan fingerprint density at radius 1 is 1.17 bits per heavy atom. The summed E-state index contributed by atoms with van der Waals surface area (Å²) in [6.07, 6.45) is 6.95. The van der Waals surface area contributed by atoms with Crippen LogP contribution >= 0.6 is 0 Å². The SMILES string of the molecule is CON=C1c2nc(-c3cnn(-c4cccnc4)c3)ccc2N(C)S(=O)(=O)C1(C)C. The highest BCUT2D eigenvalue weighted by Crippen LogP contribution is 2.38. The van der Waals surface area contributed by atoms with Crippen LogP contribution in [0, 0.1) is 0 Å². The van der Waals surface area contributed by atoms with Crippen LogP contribution in [-0.2, 0) is 14.9 Å². The summed E-state index contributed by atoms with van der Waals surface area (Å²) in [4.78, 5) is 13.8. The molecule has 0 bridgehead atoms. The molecule has 4 heterocycles. The summed E-state index contributed by atoms with van der Waals surface area (Å²) < 4.78 is 27.5. The number of oxime groups is 1. The number of hydrogen-bond acceptors (Lipinski definition) is 7. The standard InChI is InChI=1S/C19H20N6O3S/c1-19(2)18(23-28-4)17-16(24(3)29(19,26)27)8-7-15(22-17)13-10-21-25(12-13)14-6-5-9-20-11-14/h5-12H,1-4H3. The second kappa shape index (κ2) is 6.66. The fraction of sp³-hybridized carbons (Fsp3) is 0.263. The van der Waals surface area contributed by atoms with Gasteiger partial charge in [-0.1, -0.05) is 5.16 Å². The fourth-order valence-corrected chi connectivity index (χ4v) is 4.72. The molecule has 3 aromatic rings. The summed E-state index contributed by atoms with van der Waals surface area (Å²) in [5.41, 5.74) is 3.41. The van der Waals surface area contributed by atoms with Crippen molar-refractivity contribution < 1.29 is 13.3 Å². The van der Waals surface area contributed by atoms with Crippen molar-refractivity contribution >= 4 is 21.4 Å². The van der Waals surface area contributed by atoms with E-state index in [2.05, 4.69) is 15.2 Å². The summed E-state index contributed by atoms with van der Waals surface area (Å²) in [5, 5.41) is 8.39. The third-order valence-corrected chi connectivity index (χ3v) is 7.39. The number of pyridine rings is 2. The monoisotopic (exact) mass is 412 g/mol. The van der Waals surface area contributed by atoms with Crippen molar-refractivity contribution in [1.82, 2.24) is 19.7 Å². The smallest absolute Gasteiger partial charge is 0.246 e. The maximum atomic E-state index is 12.9. The van der Waals surface area contributed by atoms with Gasteiger partial charge in [-0.15, -0.1) is 0 Å². The van der Waals surface area contributed by atoms with Crippen molar-refractivity contribution in [3.63, 3.8) is 0 Å². The molecule has 1 aliphatic rings. The minimum absolute atomic E-state index is 0.259. The van der Waals surface area contributed by atoms with E-state index in [-0.39, 0.29) is 5.71 Å². The van der Waals surface area contributed by atoms with E-state index in [1.54, 1.807) is 49.3 Å². The maximum absolute atomic E-state index is 12.9. The first-order chi connectivity index (χ1) is 13.8. The molecule has 3 aromatic heterocycles. The number of aromatic nitrogens is 4. The molecule has 0 amide bonds. The van der Waals surface area contributed by atoms with Crippen molar-refractivity contribution in [1.29, 1.82) is 0 Å². The lowest BCUT2D eigenvalue weighted by atomic mass is 10.0. The van der Waals surface area contributed by atoms with Crippen LogP contribution in [0.4, 0.5) is 5.69 Å². The van der Waals surface area contributed by atoms with Gasteiger partial charge in [0.05, 0.1) is 29.5 Å². The maximum Gasteiger partial charge on any atom is 0.246 e. The lowest BCUT2D eigenvalue weighted by Gasteiger charge is -2.37. The molecule has 0 unspecified atom stereocenters. The number of hydrogen-bond donors (Lipinski definition) is 0. The van der Waals surface area contributed by atoms with Crippen molar-refractivity contribution in [2.24, 2.45) is 5.16 Å². The zero-order valence-corrected chi connectivity index (χ0v) is 17.3. The Balaban J connectivity index is 1.85. The molecular weight excluding hydrogens is 392 g/mol. The molecule has 10 heteroatoms. The van der Waals surface area contributed by atoms with Crippen LogP contribution in [0.25, 0.3) is 16.9 Å². The Morgan fingerprint density at radius 3 is 2.66 bits per heavy atom. The van der Waals surface area contributed by atoms with E-state index in [1.165, 1.54) is 18.5 Å². The van der Waals surface area contributed by atoms with Crippen molar-refractivity contribution in [2.75, 3.05) is 18.5 Å². The fourth-order valence-electron chi connectivity index (χ4n) is 3.25. The molecule has 0 atom stereocenters. The van der Waals surface area contributed by atoms with E-state index in [0.29, 0.717) is 17.1 Å². The first kappa shape index (κ1) is 19.1. The topological polar surface area (TPSA) is 103 Å². The lowest BCUT2D eigenvalue weighted by Crippen LogP contribution is -2.53. The summed E-state index contributed by atoms with van der Waals surface area (Å²) in [6, 6.07) is 7.21. The zero-order chi connectivity index (χ0) is 20.8. The second-order valence-corrected chi connectivity index (χ2v) is 9.57. The Labute approximate surface area is 168 Å². The van der Waals surface area contributed by atoms with Crippen LogP contribution < -0.4 is 4.31 Å². The van der Waals surface area contributed by atoms with Gasteiger partial charge in [-0.3, -0.25) is 9.29 Å². The van der Waals surface area contributed by atoms with Crippen molar-refractivity contribution in [3.05, 3.63) is 54.7 Å². The number of fused-ring (bicyclic) bond motifs is 1. The molecule has 0 fully saturated rings. The minimum atomic E-state index is -3.67. The van der Waals surface area contributed by atoms with Gasteiger partial charge >= 0.3 is 0 Å². The normalized spacial score (nSPS) is 18.5. The molecule has 4 rings (SSSR count). The number of sulfonamides is 1. The van der Waals surface area contributed by atoms with Gasteiger partial charge in [0, 0.05) is 25.0 Å². The largest absolute Gasteiger partial charge is 0.399 e. The summed E-state index contributed by atoms with van der Waals surface area (Å²) in [5.74, 6) is 0. The highest BCUT2D eigenvalue weighted by molar-refractivity contribution is 7.95. The molecule has 0 aliphatic carbocycles. The van der Waals surface area contributed by atoms with Gasteiger partial charge in [0.2, 0.25) is 10.0 Å². The van der Waals surface area contributed by atoms with Crippen LogP contribution in [0.2, 0.25) is 0 Å². The first-order valence-electron chi connectivity index (χ1n) is 8.84. The highest BCUT2D eigenvalue weighted by Gasteiger charge is 2.49. The number of anilines is 1. The van der Waals surface area contributed by atoms with E-state index in [1.807, 2.05) is 18.3 Å². The van der Waals surface area contributed by atoms with Gasteiger partial charge in [-0.25, -0.2) is 18.1 Å². The molecule has 29 heavy (non-hydrogen) atoms. The average Bonchev–Trinajstić information content (AvgIpc) is 3.21. The molecule has 0 radical (unpaired) electrons. The summed E-state index contributed by atoms with van der Waals surface area (Å²) in [6.45, 7) is 3.18. The molecule has 0 N–H and O–H groups in total. The van der Waals surface area contributed by atoms with Gasteiger partial charge in [0.25, 0.3) is 0 Å². The Hall–Kier alpha value is -3.27. The zero-order valence-electron chi connectivity index (χ0n) is 16.4. The van der Waals surface area contributed by atoms with Crippen LogP contribution in [-0.4, -0.2) is 52.8 Å². The first-order valence-corrected chi connectivity index (χ1v) is 10.3. The molecule has 0 aromatic carbocycles. The highest BCUT2D eigenvalue weighted by atomic mass is 32.2. The Morgan fingerprint density at radius 2 is 1.97 bits per heavy atom. The predicted molar refractivity (Wildman–Crippen MR) is 110 cm³/mol. The van der Waals surface area contributed by atoms with E-state index in [4.69, 9.17) is 9.82 Å². The summed E-state index contributed by atoms with van der Waals surface area (Å²) >= 11 is 0. The van der Waals surface area contributed by atoms with E-state index in [9.17, 15) is 8.42 Å². The summed E-state index contributed by atoms with van der Waals surface area (Å²) in [7, 11) is -0.775. The van der Waals surface area contributed by atoms with Gasteiger partial charge < -0.3 is 4.84 Å². The van der Waals surface area contributed by atoms with Crippen molar-refractivity contribution in [2.45, 2.75) is 18.6 Å². The van der Waals surface area contributed by atoms with Gasteiger partial charge in [0.1, 0.15) is 23.3 Å². The second-order valence-electron chi connectivity index (χ2n) is 7.05. The van der Waals surface area contributed by atoms with Crippen molar-refractivity contribution in [3.8, 4) is 16.9 Å². The third-order valence-electron chi connectivity index (χ3n) is 4.98. The molecule has 0 saturated heterocycles. The van der Waals surface area contributed by atoms with E-state index in [0.717, 1.165) is 11.3 Å². The minimum Gasteiger partial charge on any atom is -0.399 e. The predicted octanol–water partition coefficient (Wildman–Crippen LogP) is 2.24. The molecular formula is C19H20N6O3S. The van der Waals surface area contributed by atoms with E-state index >= 15 is 0 Å². The molecule has 150 valence electrons. The lowest BCUT2D eigenvalue weighted by molar-refractivity contribution is 0.212. The van der Waals surface area contributed by atoms with Crippen LogP contribution in [0.3, 0.4) is 0 Å². The third kappa shape index (κ3) is 2.87. The molecule has 0 saturated carbocycles. The number of nitrogens with zero attached hydrogens (tertiary/aromatic N) is 6. The van der Waals surface area contributed by atoms with Gasteiger partial charge in [0.15, 0.2) is 0 Å². The quantitative estimate of drug-likeness (QED) is 0.611. The van der Waals surface area contributed by atoms with Gasteiger partial charge in [-0.05, 0) is 38.1 Å². The van der Waals surface area contributed by atoms with Gasteiger partial charge in [-0.2, -0.15) is 5.10 Å². The average molecular weight is 412 g/mol. The van der Waals surface area contributed by atoms with E-state index < -0.39 is 14.8 Å². The Kier molecular flexibility index (Phi) is 4.38. The molecule has 0 spiro atoms. The molecule has 1 aliphatic heterocycles. The Bertz CT molecular complexity index is 1200. The van der Waals surface area contributed by atoms with Crippen LogP contribution in [0.5, 0.6) is 0 Å². The van der Waals surface area contributed by atoms with Crippen LogP contribution in [0.15, 0.2) is 54.2 Å².